The minimum Gasteiger partial charge on any atom is -0.479 e. The molecule has 2 aromatic carbocycles. The number of carbonyl (C=O) groups is 1. The number of carboxylic acids is 1. The fourth-order valence-electron chi connectivity index (χ4n) is 3.59. The Labute approximate surface area is 196 Å². The first-order valence-corrected chi connectivity index (χ1v) is 10.9. The van der Waals surface area contributed by atoms with Crippen LogP contribution in [0.4, 0.5) is 13.2 Å². The molecule has 9 heteroatoms. The van der Waals surface area contributed by atoms with Crippen LogP contribution < -0.4 is 9.47 Å². The first-order valence-electron chi connectivity index (χ1n) is 10.9. The highest BCUT2D eigenvalue weighted by Gasteiger charge is 2.31. The van der Waals surface area contributed by atoms with Crippen molar-refractivity contribution in [2.45, 2.75) is 59.0 Å². The summed E-state index contributed by atoms with van der Waals surface area (Å²) >= 11 is 0. The maximum absolute atomic E-state index is 12.5. The van der Waals surface area contributed by atoms with Crippen molar-refractivity contribution in [2.24, 2.45) is 0 Å². The lowest BCUT2D eigenvalue weighted by Crippen LogP contribution is -2.27. The summed E-state index contributed by atoms with van der Waals surface area (Å²) in [7, 11) is 0. The van der Waals surface area contributed by atoms with E-state index >= 15 is 0 Å². The van der Waals surface area contributed by atoms with Gasteiger partial charge < -0.3 is 19.1 Å². The third kappa shape index (κ3) is 6.52. The highest BCUT2D eigenvalue weighted by atomic mass is 19.4. The zero-order valence-corrected chi connectivity index (χ0v) is 19.2. The molecule has 1 unspecified atom stereocenters. The number of nitrogens with zero attached hydrogens (tertiary/aromatic N) is 2. The molecule has 0 radical (unpaired) electrons. The summed E-state index contributed by atoms with van der Waals surface area (Å²) in [4.78, 5) is 16.1. The second-order valence-corrected chi connectivity index (χ2v) is 8.08. The van der Waals surface area contributed by atoms with Gasteiger partial charge in [0.1, 0.15) is 17.3 Å². The van der Waals surface area contributed by atoms with Crippen molar-refractivity contribution in [3.05, 3.63) is 65.5 Å². The van der Waals surface area contributed by atoms with Crippen LogP contribution in [-0.2, 0) is 11.3 Å². The number of aromatic nitrogens is 2. The fraction of sp³-hybridized carbons (Fsp3) is 0.360. The minimum absolute atomic E-state index is 0.313. The maximum Gasteiger partial charge on any atom is 0.573 e. The van der Waals surface area contributed by atoms with Gasteiger partial charge in [0.05, 0.1) is 6.54 Å². The molecule has 0 saturated heterocycles. The topological polar surface area (TPSA) is 73.6 Å². The predicted octanol–water partition coefficient (Wildman–Crippen LogP) is 6.14. The van der Waals surface area contributed by atoms with E-state index in [-0.39, 0.29) is 5.75 Å². The lowest BCUT2D eigenvalue weighted by molar-refractivity contribution is -0.274. The van der Waals surface area contributed by atoms with Gasteiger partial charge in [0.2, 0.25) is 0 Å². The molecule has 0 aliphatic carbocycles. The van der Waals surface area contributed by atoms with Crippen LogP contribution in [0.15, 0.2) is 48.7 Å². The number of imidazole rings is 1. The lowest BCUT2D eigenvalue weighted by atomic mass is 10.1. The van der Waals surface area contributed by atoms with Gasteiger partial charge in [-0.05, 0) is 57.0 Å². The third-order valence-corrected chi connectivity index (χ3v) is 5.31. The van der Waals surface area contributed by atoms with Gasteiger partial charge in [0.15, 0.2) is 6.10 Å². The predicted molar refractivity (Wildman–Crippen MR) is 121 cm³/mol. The van der Waals surface area contributed by atoms with Crippen molar-refractivity contribution in [1.29, 1.82) is 0 Å². The number of halogens is 3. The van der Waals surface area contributed by atoms with Gasteiger partial charge in [-0.2, -0.15) is 0 Å². The number of alkyl halides is 3. The van der Waals surface area contributed by atoms with E-state index < -0.39 is 18.4 Å². The zero-order chi connectivity index (χ0) is 24.9. The Morgan fingerprint density at radius 2 is 1.85 bits per heavy atom. The molecule has 0 aliphatic rings. The molecule has 182 valence electrons. The average Bonchev–Trinajstić information content (AvgIpc) is 3.12. The lowest BCUT2D eigenvalue weighted by Gasteiger charge is -2.19. The van der Waals surface area contributed by atoms with Crippen molar-refractivity contribution < 1.29 is 32.5 Å². The van der Waals surface area contributed by atoms with E-state index in [4.69, 9.17) is 4.74 Å². The second kappa shape index (κ2) is 10.6. The second-order valence-electron chi connectivity index (χ2n) is 8.08. The molecule has 1 N–H and O–H groups in total. The molecule has 0 saturated carbocycles. The summed E-state index contributed by atoms with van der Waals surface area (Å²) in [5.41, 5.74) is 3.21. The third-order valence-electron chi connectivity index (χ3n) is 5.31. The van der Waals surface area contributed by atoms with Crippen molar-refractivity contribution >= 4 is 5.97 Å². The Kier molecular flexibility index (Phi) is 7.86. The van der Waals surface area contributed by atoms with Crippen LogP contribution in [0.3, 0.4) is 0 Å². The first-order chi connectivity index (χ1) is 16.1. The number of hydrogen-bond acceptors (Lipinski definition) is 4. The van der Waals surface area contributed by atoms with Crippen LogP contribution >= 0.6 is 0 Å². The van der Waals surface area contributed by atoms with Gasteiger partial charge in [0.25, 0.3) is 0 Å². The highest BCUT2D eigenvalue weighted by molar-refractivity contribution is 5.72. The molecule has 1 aromatic heterocycles. The van der Waals surface area contributed by atoms with Crippen molar-refractivity contribution in [3.8, 4) is 22.9 Å². The molecule has 1 atom stereocenters. The van der Waals surface area contributed by atoms with Crippen LogP contribution in [-0.4, -0.2) is 33.1 Å². The number of unbranched alkanes of at least 4 members (excludes halogenated alkanes) is 1. The van der Waals surface area contributed by atoms with Gasteiger partial charge in [0, 0.05) is 23.0 Å². The quantitative estimate of drug-likeness (QED) is 0.381. The van der Waals surface area contributed by atoms with Gasteiger partial charge in [-0.25, -0.2) is 9.78 Å². The molecular formula is C25H27F3N2O4. The summed E-state index contributed by atoms with van der Waals surface area (Å²) in [6.07, 6.45) is -2.04. The number of aryl methyl sites for hydroxylation is 2. The van der Waals surface area contributed by atoms with E-state index in [1.54, 1.807) is 12.3 Å². The number of benzene rings is 2. The first kappa shape index (κ1) is 25.1. The van der Waals surface area contributed by atoms with Gasteiger partial charge >= 0.3 is 12.3 Å². The molecule has 0 fully saturated rings. The van der Waals surface area contributed by atoms with Crippen LogP contribution in [0, 0.1) is 13.8 Å². The molecule has 34 heavy (non-hydrogen) atoms. The number of ether oxygens (including phenoxy) is 2. The SMILES string of the molecule is CCCCC(Oc1ccc(C)cc1Cn1c(C)cnc1-c1ccc(OC(F)(F)F)cc1)C(=O)O. The van der Waals surface area contributed by atoms with Crippen molar-refractivity contribution in [1.82, 2.24) is 9.55 Å². The van der Waals surface area contributed by atoms with E-state index in [0.29, 0.717) is 30.1 Å². The van der Waals surface area contributed by atoms with Crippen LogP contribution in [0.2, 0.25) is 0 Å². The normalized spacial score (nSPS) is 12.4. The van der Waals surface area contributed by atoms with E-state index in [9.17, 15) is 23.1 Å². The summed E-state index contributed by atoms with van der Waals surface area (Å²) in [5.74, 6) is -0.292. The summed E-state index contributed by atoms with van der Waals surface area (Å²) in [6.45, 7) is 6.13. The van der Waals surface area contributed by atoms with Crippen LogP contribution in [0.1, 0.15) is 43.0 Å². The average molecular weight is 476 g/mol. The van der Waals surface area contributed by atoms with Crippen molar-refractivity contribution in [2.75, 3.05) is 0 Å². The number of carboxylic acid groups (broad SMARTS) is 1. The molecule has 3 rings (SSSR count). The molecular weight excluding hydrogens is 449 g/mol. The molecule has 6 nitrogen and oxygen atoms in total. The van der Waals surface area contributed by atoms with E-state index in [2.05, 4.69) is 9.72 Å². The highest BCUT2D eigenvalue weighted by Crippen LogP contribution is 2.29. The number of rotatable bonds is 10. The Balaban J connectivity index is 1.90. The largest absolute Gasteiger partial charge is 0.573 e. The number of hydrogen-bond donors (Lipinski definition) is 1. The Morgan fingerprint density at radius 1 is 1.15 bits per heavy atom. The standard InChI is InChI=1S/C25H27F3N2O4/c1-4-5-6-22(24(31)32)33-21-12-7-16(2)13-19(21)15-30-17(3)14-29-23(30)18-8-10-20(11-9-18)34-25(26,27)28/h7-14,22H,4-6,15H2,1-3H3,(H,31,32). The number of aliphatic carboxylic acids is 1. The van der Waals surface area contributed by atoms with Gasteiger partial charge in [-0.3, -0.25) is 0 Å². The Morgan fingerprint density at radius 3 is 2.47 bits per heavy atom. The minimum atomic E-state index is -4.76. The molecule has 0 aliphatic heterocycles. The van der Waals surface area contributed by atoms with E-state index in [0.717, 1.165) is 29.7 Å². The van der Waals surface area contributed by atoms with Crippen LogP contribution in [0.25, 0.3) is 11.4 Å². The van der Waals surface area contributed by atoms with Crippen LogP contribution in [0.5, 0.6) is 11.5 Å². The molecule has 0 bridgehead atoms. The summed E-state index contributed by atoms with van der Waals surface area (Å²) < 4.78 is 49.2. The Hall–Kier alpha value is -3.49. The molecule has 0 amide bonds. The van der Waals surface area contributed by atoms with Crippen molar-refractivity contribution in [3.63, 3.8) is 0 Å². The molecule has 0 spiro atoms. The summed E-state index contributed by atoms with van der Waals surface area (Å²) in [5, 5.41) is 9.57. The maximum atomic E-state index is 12.5. The van der Waals surface area contributed by atoms with E-state index in [1.807, 2.05) is 37.5 Å². The fourth-order valence-corrected chi connectivity index (χ4v) is 3.59. The Bertz CT molecular complexity index is 1120. The zero-order valence-electron chi connectivity index (χ0n) is 19.2. The summed E-state index contributed by atoms with van der Waals surface area (Å²) in [6, 6.07) is 11.1. The smallest absolute Gasteiger partial charge is 0.479 e. The monoisotopic (exact) mass is 476 g/mol. The van der Waals surface area contributed by atoms with Gasteiger partial charge in [-0.15, -0.1) is 13.2 Å². The molecule has 1 heterocycles. The van der Waals surface area contributed by atoms with E-state index in [1.165, 1.54) is 24.3 Å². The van der Waals surface area contributed by atoms with Gasteiger partial charge in [-0.1, -0.05) is 31.0 Å². The molecule has 3 aromatic rings.